The summed E-state index contributed by atoms with van der Waals surface area (Å²) in [6, 6.07) is 4.79. The maximum absolute atomic E-state index is 5.93. The molecule has 0 amide bonds. The summed E-state index contributed by atoms with van der Waals surface area (Å²) in [4.78, 5) is 0. The van der Waals surface area contributed by atoms with Crippen LogP contribution in [-0.4, -0.2) is 18.8 Å². The molecule has 3 rings (SSSR count). The summed E-state index contributed by atoms with van der Waals surface area (Å²) in [5, 5.41) is 3.73. The fourth-order valence-electron chi connectivity index (χ4n) is 3.75. The Morgan fingerprint density at radius 3 is 3.00 bits per heavy atom. The van der Waals surface area contributed by atoms with Gasteiger partial charge in [0.05, 0.1) is 18.4 Å². The van der Waals surface area contributed by atoms with Crippen LogP contribution < -0.4 is 5.32 Å². The molecule has 1 aliphatic carbocycles. The van der Waals surface area contributed by atoms with Gasteiger partial charge in [0, 0.05) is 24.0 Å². The normalized spacial score (nSPS) is 35.6. The van der Waals surface area contributed by atoms with E-state index in [1.54, 1.807) is 6.26 Å². The first-order chi connectivity index (χ1) is 8.60. The first kappa shape index (κ1) is 12.2. The summed E-state index contributed by atoms with van der Waals surface area (Å²) in [6.45, 7) is 7.73. The Kier molecular flexibility index (Phi) is 2.99. The maximum Gasteiger partial charge on any atom is 0.120 e. The molecule has 1 saturated carbocycles. The highest BCUT2D eigenvalue weighted by atomic mass is 16.5. The largest absolute Gasteiger partial charge is 0.468 e. The topological polar surface area (TPSA) is 34.4 Å². The second kappa shape index (κ2) is 4.39. The van der Waals surface area contributed by atoms with Gasteiger partial charge >= 0.3 is 0 Å². The van der Waals surface area contributed by atoms with Gasteiger partial charge in [0.2, 0.25) is 0 Å². The number of hydrogen-bond donors (Lipinski definition) is 1. The summed E-state index contributed by atoms with van der Waals surface area (Å²) in [7, 11) is 0. The van der Waals surface area contributed by atoms with E-state index in [1.165, 1.54) is 12.8 Å². The van der Waals surface area contributed by atoms with Crippen molar-refractivity contribution in [2.24, 2.45) is 11.3 Å². The zero-order chi connectivity index (χ0) is 12.8. The Labute approximate surface area is 109 Å². The van der Waals surface area contributed by atoms with Gasteiger partial charge in [-0.15, -0.1) is 0 Å². The Hall–Kier alpha value is -0.800. The van der Waals surface area contributed by atoms with Crippen LogP contribution in [-0.2, 0) is 4.74 Å². The van der Waals surface area contributed by atoms with Gasteiger partial charge < -0.3 is 14.5 Å². The fraction of sp³-hybridized carbons (Fsp3) is 0.733. The third kappa shape index (κ3) is 1.81. The maximum atomic E-state index is 5.93. The second-order valence-electron chi connectivity index (χ2n) is 6.30. The van der Waals surface area contributed by atoms with E-state index in [-0.39, 0.29) is 11.5 Å². The minimum atomic E-state index is 0.228. The summed E-state index contributed by atoms with van der Waals surface area (Å²) >= 11 is 0. The number of furan rings is 1. The molecule has 0 radical (unpaired) electrons. The first-order valence-corrected chi connectivity index (χ1v) is 7.02. The lowest BCUT2D eigenvalue weighted by Gasteiger charge is -2.60. The zero-order valence-electron chi connectivity index (χ0n) is 11.5. The third-order valence-electron chi connectivity index (χ3n) is 4.73. The van der Waals surface area contributed by atoms with Crippen LogP contribution in [0.1, 0.15) is 45.4 Å². The van der Waals surface area contributed by atoms with Crippen molar-refractivity contribution < 1.29 is 9.15 Å². The highest BCUT2D eigenvalue weighted by Crippen LogP contribution is 2.51. The van der Waals surface area contributed by atoms with Gasteiger partial charge in [-0.05, 0) is 31.9 Å². The van der Waals surface area contributed by atoms with Gasteiger partial charge in [0.1, 0.15) is 5.76 Å². The van der Waals surface area contributed by atoms with Crippen molar-refractivity contribution in [2.45, 2.75) is 51.8 Å². The monoisotopic (exact) mass is 249 g/mol. The van der Waals surface area contributed by atoms with Crippen LogP contribution in [0, 0.1) is 11.3 Å². The molecule has 1 saturated heterocycles. The van der Waals surface area contributed by atoms with Crippen LogP contribution in [0.4, 0.5) is 0 Å². The van der Waals surface area contributed by atoms with Gasteiger partial charge in [-0.1, -0.05) is 13.8 Å². The first-order valence-electron chi connectivity index (χ1n) is 7.02. The average molecular weight is 249 g/mol. The molecule has 0 bridgehead atoms. The molecule has 3 nitrogen and oxygen atoms in total. The van der Waals surface area contributed by atoms with Crippen LogP contribution in [0.3, 0.4) is 0 Å². The van der Waals surface area contributed by atoms with Gasteiger partial charge in [-0.2, -0.15) is 0 Å². The smallest absolute Gasteiger partial charge is 0.120 e. The second-order valence-corrected chi connectivity index (χ2v) is 6.30. The Bertz CT molecular complexity index is 399. The lowest BCUT2D eigenvalue weighted by atomic mass is 9.55. The molecule has 1 aromatic rings. The molecule has 2 heterocycles. The van der Waals surface area contributed by atoms with Crippen LogP contribution in [0.2, 0.25) is 0 Å². The van der Waals surface area contributed by atoms with Crippen molar-refractivity contribution in [3.63, 3.8) is 0 Å². The fourth-order valence-corrected chi connectivity index (χ4v) is 3.75. The molecule has 100 valence electrons. The summed E-state index contributed by atoms with van der Waals surface area (Å²) in [5.74, 6) is 1.69. The van der Waals surface area contributed by atoms with Gasteiger partial charge in [-0.3, -0.25) is 0 Å². The average Bonchev–Trinajstić information content (AvgIpc) is 2.89. The molecule has 0 aromatic carbocycles. The predicted octanol–water partition coefficient (Wildman–Crippen LogP) is 3.13. The van der Waals surface area contributed by atoms with E-state index in [4.69, 9.17) is 9.15 Å². The van der Waals surface area contributed by atoms with E-state index in [1.807, 2.05) is 12.1 Å². The highest BCUT2D eigenvalue weighted by Gasteiger charge is 2.57. The molecule has 4 atom stereocenters. The molecule has 2 fully saturated rings. The summed E-state index contributed by atoms with van der Waals surface area (Å²) in [6.07, 6.45) is 4.67. The zero-order valence-corrected chi connectivity index (χ0v) is 11.5. The Morgan fingerprint density at radius 2 is 2.28 bits per heavy atom. The van der Waals surface area contributed by atoms with Crippen molar-refractivity contribution in [3.05, 3.63) is 24.2 Å². The number of fused-ring (bicyclic) bond motifs is 1. The van der Waals surface area contributed by atoms with E-state index in [0.29, 0.717) is 18.1 Å². The van der Waals surface area contributed by atoms with Crippen molar-refractivity contribution in [1.82, 2.24) is 5.32 Å². The van der Waals surface area contributed by atoms with E-state index >= 15 is 0 Å². The predicted molar refractivity (Wildman–Crippen MR) is 70.3 cm³/mol. The third-order valence-corrected chi connectivity index (χ3v) is 4.73. The molecular weight excluding hydrogens is 226 g/mol. The lowest BCUT2D eigenvalue weighted by Crippen LogP contribution is -2.69. The molecule has 1 N–H and O–H groups in total. The number of rotatable bonds is 3. The van der Waals surface area contributed by atoms with E-state index in [9.17, 15) is 0 Å². The molecular formula is C15H23NO2. The standard InChI is InChI=1S/C15H23NO2/c1-10(12-7-5-8-17-12)16-13-11-6-4-9-18-14(11)15(13,2)3/h5,7-8,10-11,13-14,16H,4,6,9H2,1-3H3. The number of ether oxygens (including phenoxy) is 1. The molecule has 1 aliphatic heterocycles. The summed E-state index contributed by atoms with van der Waals surface area (Å²) < 4.78 is 11.4. The van der Waals surface area contributed by atoms with Gasteiger partial charge in [0.25, 0.3) is 0 Å². The molecule has 1 aromatic heterocycles. The van der Waals surface area contributed by atoms with Crippen LogP contribution in [0.5, 0.6) is 0 Å². The SMILES string of the molecule is CC(NC1C2CCCOC2C1(C)C)c1ccco1. The van der Waals surface area contributed by atoms with Crippen molar-refractivity contribution in [2.75, 3.05) is 6.61 Å². The van der Waals surface area contributed by atoms with Crippen LogP contribution >= 0.6 is 0 Å². The Morgan fingerprint density at radius 1 is 1.44 bits per heavy atom. The lowest BCUT2D eigenvalue weighted by molar-refractivity contribution is -0.194. The van der Waals surface area contributed by atoms with Crippen LogP contribution in [0.25, 0.3) is 0 Å². The van der Waals surface area contributed by atoms with Crippen molar-refractivity contribution in [1.29, 1.82) is 0 Å². The molecule has 3 heteroatoms. The minimum absolute atomic E-state index is 0.228. The minimum Gasteiger partial charge on any atom is -0.468 e. The van der Waals surface area contributed by atoms with E-state index < -0.39 is 0 Å². The molecule has 18 heavy (non-hydrogen) atoms. The van der Waals surface area contributed by atoms with Crippen LogP contribution in [0.15, 0.2) is 22.8 Å². The quantitative estimate of drug-likeness (QED) is 0.893. The van der Waals surface area contributed by atoms with Gasteiger partial charge in [-0.25, -0.2) is 0 Å². The molecule has 2 aliphatic rings. The summed E-state index contributed by atoms with van der Waals surface area (Å²) in [5.41, 5.74) is 0.228. The number of nitrogens with one attached hydrogen (secondary N) is 1. The van der Waals surface area contributed by atoms with E-state index in [0.717, 1.165) is 12.4 Å². The van der Waals surface area contributed by atoms with Crippen molar-refractivity contribution >= 4 is 0 Å². The molecule has 0 spiro atoms. The number of hydrogen-bond acceptors (Lipinski definition) is 3. The molecule has 4 unspecified atom stereocenters. The van der Waals surface area contributed by atoms with E-state index in [2.05, 4.69) is 26.1 Å². The van der Waals surface area contributed by atoms with Crippen molar-refractivity contribution in [3.8, 4) is 0 Å². The van der Waals surface area contributed by atoms with Gasteiger partial charge in [0.15, 0.2) is 0 Å². The highest BCUT2D eigenvalue weighted by molar-refractivity contribution is 5.13. The Balaban J connectivity index is 1.69.